The SMILES string of the molecule is O=C(O)CN(CC(F)(F)F)C1CCCC(C(F)(F)F)C1. The van der Waals surface area contributed by atoms with Crippen LogP contribution in [0.1, 0.15) is 25.7 Å². The van der Waals surface area contributed by atoms with Crippen LogP contribution in [0.3, 0.4) is 0 Å². The summed E-state index contributed by atoms with van der Waals surface area (Å²) in [5.74, 6) is -3.14. The van der Waals surface area contributed by atoms with E-state index in [1.165, 1.54) is 0 Å². The summed E-state index contributed by atoms with van der Waals surface area (Å²) < 4.78 is 75.0. The van der Waals surface area contributed by atoms with Crippen molar-refractivity contribution in [1.29, 1.82) is 0 Å². The zero-order chi connectivity index (χ0) is 15.6. The molecule has 0 amide bonds. The van der Waals surface area contributed by atoms with Crippen molar-refractivity contribution in [3.8, 4) is 0 Å². The number of aliphatic carboxylic acids is 1. The number of hydrogen-bond donors (Lipinski definition) is 1. The highest BCUT2D eigenvalue weighted by Crippen LogP contribution is 2.39. The van der Waals surface area contributed by atoms with Crippen LogP contribution in [0.15, 0.2) is 0 Å². The van der Waals surface area contributed by atoms with Gasteiger partial charge in [0.1, 0.15) is 0 Å². The topological polar surface area (TPSA) is 40.5 Å². The molecule has 3 nitrogen and oxygen atoms in total. The molecule has 0 aromatic carbocycles. The van der Waals surface area contributed by atoms with Gasteiger partial charge in [0.2, 0.25) is 0 Å². The van der Waals surface area contributed by atoms with Gasteiger partial charge in [-0.2, -0.15) is 26.3 Å². The summed E-state index contributed by atoms with van der Waals surface area (Å²) in [6.07, 6.45) is -9.40. The third-order valence-corrected chi connectivity index (χ3v) is 3.35. The molecular weight excluding hydrogens is 292 g/mol. The Hall–Kier alpha value is -0.990. The number of carbonyl (C=O) groups is 1. The largest absolute Gasteiger partial charge is 0.480 e. The third kappa shape index (κ3) is 5.56. The second kappa shape index (κ2) is 6.19. The number of carboxylic acid groups (broad SMARTS) is 1. The van der Waals surface area contributed by atoms with Crippen LogP contribution in [0.4, 0.5) is 26.3 Å². The van der Waals surface area contributed by atoms with Crippen LogP contribution in [-0.4, -0.2) is 47.5 Å². The summed E-state index contributed by atoms with van der Waals surface area (Å²) >= 11 is 0. The minimum atomic E-state index is -4.64. The van der Waals surface area contributed by atoms with Gasteiger partial charge < -0.3 is 5.11 Å². The van der Waals surface area contributed by atoms with E-state index in [2.05, 4.69) is 0 Å². The highest BCUT2D eigenvalue weighted by Gasteiger charge is 2.44. The van der Waals surface area contributed by atoms with E-state index in [0.29, 0.717) is 4.90 Å². The maximum atomic E-state index is 12.6. The fraction of sp³-hybridized carbons (Fsp3) is 0.909. The van der Waals surface area contributed by atoms with Crippen molar-refractivity contribution in [3.05, 3.63) is 0 Å². The van der Waals surface area contributed by atoms with Gasteiger partial charge in [0.25, 0.3) is 0 Å². The average Bonchev–Trinajstić information content (AvgIpc) is 2.24. The summed E-state index contributed by atoms with van der Waals surface area (Å²) in [6.45, 7) is -2.41. The zero-order valence-electron chi connectivity index (χ0n) is 10.5. The Balaban J connectivity index is 2.76. The summed E-state index contributed by atoms with van der Waals surface area (Å²) in [5, 5.41) is 8.61. The van der Waals surface area contributed by atoms with Crippen LogP contribution in [0.25, 0.3) is 0 Å². The summed E-state index contributed by atoms with van der Waals surface area (Å²) in [6, 6.07) is -1.01. The fourth-order valence-corrected chi connectivity index (χ4v) is 2.51. The molecule has 1 aliphatic rings. The molecule has 9 heteroatoms. The van der Waals surface area contributed by atoms with Gasteiger partial charge in [0.15, 0.2) is 0 Å². The predicted molar refractivity (Wildman–Crippen MR) is 57.1 cm³/mol. The fourth-order valence-electron chi connectivity index (χ4n) is 2.51. The molecule has 118 valence electrons. The van der Waals surface area contributed by atoms with E-state index in [-0.39, 0.29) is 19.3 Å². The molecular formula is C11H15F6NO2. The third-order valence-electron chi connectivity index (χ3n) is 3.35. The van der Waals surface area contributed by atoms with Gasteiger partial charge in [-0.25, -0.2) is 0 Å². The quantitative estimate of drug-likeness (QED) is 0.812. The van der Waals surface area contributed by atoms with Gasteiger partial charge in [0.05, 0.1) is 19.0 Å². The Kier molecular flexibility index (Phi) is 5.28. The Morgan fingerprint density at radius 1 is 1.15 bits per heavy atom. The standard InChI is InChI=1S/C11H15F6NO2/c12-10(13,14)6-18(5-9(19)20)8-3-1-2-7(4-8)11(15,16)17/h7-8H,1-6H2,(H,19,20). The van der Waals surface area contributed by atoms with E-state index in [0.717, 1.165) is 0 Å². The summed E-state index contributed by atoms with van der Waals surface area (Å²) in [5.41, 5.74) is 0. The molecule has 1 fully saturated rings. The molecule has 0 saturated heterocycles. The lowest BCUT2D eigenvalue weighted by molar-refractivity contribution is -0.192. The molecule has 0 aromatic heterocycles. The van der Waals surface area contributed by atoms with E-state index in [4.69, 9.17) is 5.11 Å². The van der Waals surface area contributed by atoms with Crippen molar-refractivity contribution in [1.82, 2.24) is 4.90 Å². The molecule has 0 bridgehead atoms. The van der Waals surface area contributed by atoms with Crippen LogP contribution in [-0.2, 0) is 4.79 Å². The number of nitrogens with zero attached hydrogens (tertiary/aromatic N) is 1. The molecule has 20 heavy (non-hydrogen) atoms. The molecule has 0 aromatic rings. The van der Waals surface area contributed by atoms with Crippen molar-refractivity contribution in [2.75, 3.05) is 13.1 Å². The van der Waals surface area contributed by atoms with E-state index in [1.54, 1.807) is 0 Å². The van der Waals surface area contributed by atoms with Gasteiger partial charge >= 0.3 is 18.3 Å². The van der Waals surface area contributed by atoms with Crippen LogP contribution in [0.5, 0.6) is 0 Å². The summed E-state index contributed by atoms with van der Waals surface area (Å²) in [7, 11) is 0. The monoisotopic (exact) mass is 307 g/mol. The molecule has 0 radical (unpaired) electrons. The number of rotatable bonds is 4. The number of carboxylic acids is 1. The highest BCUT2D eigenvalue weighted by molar-refractivity contribution is 5.69. The Morgan fingerprint density at radius 2 is 1.75 bits per heavy atom. The first-order valence-corrected chi connectivity index (χ1v) is 6.08. The number of halogens is 6. The average molecular weight is 307 g/mol. The van der Waals surface area contributed by atoms with Crippen molar-refractivity contribution in [3.63, 3.8) is 0 Å². The van der Waals surface area contributed by atoms with Crippen LogP contribution in [0, 0.1) is 5.92 Å². The maximum Gasteiger partial charge on any atom is 0.401 e. The first-order valence-electron chi connectivity index (χ1n) is 6.08. The van der Waals surface area contributed by atoms with Gasteiger partial charge in [-0.05, 0) is 19.3 Å². The first kappa shape index (κ1) is 17.1. The molecule has 1 saturated carbocycles. The van der Waals surface area contributed by atoms with E-state index in [1.807, 2.05) is 0 Å². The Labute approximate surface area is 111 Å². The van der Waals surface area contributed by atoms with Crippen LogP contribution < -0.4 is 0 Å². The lowest BCUT2D eigenvalue weighted by atomic mass is 9.84. The first-order chi connectivity index (χ1) is 8.99. The van der Waals surface area contributed by atoms with Crippen LogP contribution in [0.2, 0.25) is 0 Å². The number of alkyl halides is 6. The van der Waals surface area contributed by atoms with Crippen LogP contribution >= 0.6 is 0 Å². The second-order valence-corrected chi connectivity index (χ2v) is 4.97. The Bertz CT molecular complexity index is 341. The molecule has 2 unspecified atom stereocenters. The van der Waals surface area contributed by atoms with Crippen molar-refractivity contribution in [2.24, 2.45) is 5.92 Å². The molecule has 0 spiro atoms. The molecule has 1 aliphatic carbocycles. The summed E-state index contributed by atoms with van der Waals surface area (Å²) in [4.78, 5) is 11.2. The smallest absolute Gasteiger partial charge is 0.401 e. The minimum absolute atomic E-state index is 0.118. The van der Waals surface area contributed by atoms with Gasteiger partial charge in [-0.3, -0.25) is 9.69 Å². The molecule has 0 aliphatic heterocycles. The molecule has 0 heterocycles. The normalized spacial score (nSPS) is 24.9. The van der Waals surface area contributed by atoms with Gasteiger partial charge in [-0.15, -0.1) is 0 Å². The van der Waals surface area contributed by atoms with Gasteiger partial charge in [-0.1, -0.05) is 6.42 Å². The second-order valence-electron chi connectivity index (χ2n) is 4.97. The lowest BCUT2D eigenvalue weighted by Gasteiger charge is -2.37. The van der Waals surface area contributed by atoms with E-state index in [9.17, 15) is 31.1 Å². The van der Waals surface area contributed by atoms with Crippen molar-refractivity contribution < 1.29 is 36.2 Å². The predicted octanol–water partition coefficient (Wildman–Crippen LogP) is 3.06. The Morgan fingerprint density at radius 3 is 2.20 bits per heavy atom. The molecule has 2 atom stereocenters. The van der Waals surface area contributed by atoms with E-state index < -0.39 is 49.8 Å². The molecule has 1 rings (SSSR count). The number of hydrogen-bond acceptors (Lipinski definition) is 2. The van der Waals surface area contributed by atoms with Crippen molar-refractivity contribution >= 4 is 5.97 Å². The maximum absolute atomic E-state index is 12.6. The minimum Gasteiger partial charge on any atom is -0.480 e. The lowest BCUT2D eigenvalue weighted by Crippen LogP contribution is -2.47. The van der Waals surface area contributed by atoms with E-state index >= 15 is 0 Å². The van der Waals surface area contributed by atoms with Gasteiger partial charge in [0, 0.05) is 6.04 Å². The molecule has 1 N–H and O–H groups in total. The van der Waals surface area contributed by atoms with Crippen molar-refractivity contribution in [2.45, 2.75) is 44.1 Å². The zero-order valence-corrected chi connectivity index (χ0v) is 10.5. The highest BCUT2D eigenvalue weighted by atomic mass is 19.4.